The molecule has 1 aromatic rings. The Bertz CT molecular complexity index is 358. The predicted molar refractivity (Wildman–Crippen MR) is 65.2 cm³/mol. The van der Waals surface area contributed by atoms with Gasteiger partial charge in [-0.05, 0) is 24.6 Å². The normalized spacial score (nSPS) is 10.5. The van der Waals surface area contributed by atoms with Gasteiger partial charge in [0, 0.05) is 5.33 Å². The van der Waals surface area contributed by atoms with Crippen LogP contribution in [-0.2, 0) is 4.74 Å². The first-order valence-corrected chi connectivity index (χ1v) is 5.89. The van der Waals surface area contributed by atoms with Crippen LogP contribution in [0.1, 0.15) is 22.8 Å². The van der Waals surface area contributed by atoms with Crippen molar-refractivity contribution in [2.24, 2.45) is 0 Å². The van der Waals surface area contributed by atoms with Crippen LogP contribution in [0.5, 0.6) is 0 Å². The van der Waals surface area contributed by atoms with E-state index in [1.165, 1.54) is 0 Å². The van der Waals surface area contributed by atoms with Crippen molar-refractivity contribution in [2.75, 3.05) is 11.9 Å². The number of carbonyl (C=O) groups is 1. The van der Waals surface area contributed by atoms with Gasteiger partial charge in [-0.3, -0.25) is 0 Å². The first-order valence-electron chi connectivity index (χ1n) is 4.77. The monoisotopic (exact) mass is 268 g/mol. The van der Waals surface area contributed by atoms with Crippen LogP contribution in [0.2, 0.25) is 0 Å². The SMILES string of the molecule is CCOC(=O)c1cccc(/C=C/CBr)c1. The minimum absolute atomic E-state index is 0.272. The van der Waals surface area contributed by atoms with Crippen LogP contribution >= 0.6 is 15.9 Å². The highest BCUT2D eigenvalue weighted by Crippen LogP contribution is 2.08. The topological polar surface area (TPSA) is 26.3 Å². The van der Waals surface area contributed by atoms with E-state index in [1.807, 2.05) is 30.4 Å². The number of hydrogen-bond acceptors (Lipinski definition) is 2. The second kappa shape index (κ2) is 6.40. The molecule has 0 amide bonds. The molecule has 0 spiro atoms. The Morgan fingerprint density at radius 1 is 1.53 bits per heavy atom. The van der Waals surface area contributed by atoms with Gasteiger partial charge in [-0.2, -0.15) is 0 Å². The van der Waals surface area contributed by atoms with E-state index in [1.54, 1.807) is 13.0 Å². The number of alkyl halides is 1. The van der Waals surface area contributed by atoms with E-state index >= 15 is 0 Å². The summed E-state index contributed by atoms with van der Waals surface area (Å²) in [5.41, 5.74) is 1.59. The number of hydrogen-bond donors (Lipinski definition) is 0. The average molecular weight is 269 g/mol. The van der Waals surface area contributed by atoms with Gasteiger partial charge in [0.2, 0.25) is 0 Å². The smallest absolute Gasteiger partial charge is 0.338 e. The molecule has 2 nitrogen and oxygen atoms in total. The molecule has 0 fully saturated rings. The summed E-state index contributed by atoms with van der Waals surface area (Å²) in [6.07, 6.45) is 3.93. The van der Waals surface area contributed by atoms with E-state index < -0.39 is 0 Å². The molecule has 0 radical (unpaired) electrons. The molecular formula is C12H13BrO2. The lowest BCUT2D eigenvalue weighted by molar-refractivity contribution is 0.0526. The quantitative estimate of drug-likeness (QED) is 0.619. The van der Waals surface area contributed by atoms with E-state index in [4.69, 9.17) is 4.74 Å². The van der Waals surface area contributed by atoms with Gasteiger partial charge in [0.1, 0.15) is 0 Å². The third-order valence-electron chi connectivity index (χ3n) is 1.80. The summed E-state index contributed by atoms with van der Waals surface area (Å²) >= 11 is 3.30. The van der Waals surface area contributed by atoms with Crippen molar-refractivity contribution in [3.63, 3.8) is 0 Å². The molecule has 3 heteroatoms. The molecule has 0 atom stereocenters. The molecule has 0 unspecified atom stereocenters. The van der Waals surface area contributed by atoms with Gasteiger partial charge < -0.3 is 4.74 Å². The maximum absolute atomic E-state index is 11.4. The molecule has 1 aromatic carbocycles. The summed E-state index contributed by atoms with van der Waals surface area (Å²) in [5.74, 6) is -0.272. The molecule has 0 heterocycles. The van der Waals surface area contributed by atoms with E-state index in [-0.39, 0.29) is 5.97 Å². The third-order valence-corrected chi connectivity index (χ3v) is 2.17. The fourth-order valence-corrected chi connectivity index (χ4v) is 1.35. The van der Waals surface area contributed by atoms with E-state index in [9.17, 15) is 4.79 Å². The molecule has 0 aliphatic heterocycles. The summed E-state index contributed by atoms with van der Waals surface area (Å²) in [7, 11) is 0. The lowest BCUT2D eigenvalue weighted by Crippen LogP contribution is -2.04. The van der Waals surface area contributed by atoms with Crippen molar-refractivity contribution in [2.45, 2.75) is 6.92 Å². The van der Waals surface area contributed by atoms with E-state index in [0.29, 0.717) is 12.2 Å². The van der Waals surface area contributed by atoms with Crippen LogP contribution in [0.4, 0.5) is 0 Å². The lowest BCUT2D eigenvalue weighted by Gasteiger charge is -2.02. The average Bonchev–Trinajstić information content (AvgIpc) is 2.27. The Labute approximate surface area is 98.1 Å². The fraction of sp³-hybridized carbons (Fsp3) is 0.250. The number of rotatable bonds is 4. The maximum Gasteiger partial charge on any atom is 0.338 e. The van der Waals surface area contributed by atoms with Crippen molar-refractivity contribution in [1.82, 2.24) is 0 Å². The molecule has 80 valence electrons. The minimum Gasteiger partial charge on any atom is -0.462 e. The number of halogens is 1. The van der Waals surface area contributed by atoms with Crippen LogP contribution in [-0.4, -0.2) is 17.9 Å². The van der Waals surface area contributed by atoms with Crippen LogP contribution in [0.15, 0.2) is 30.3 Å². The largest absolute Gasteiger partial charge is 0.462 e. The highest BCUT2D eigenvalue weighted by molar-refractivity contribution is 9.09. The van der Waals surface area contributed by atoms with Crippen molar-refractivity contribution in [3.05, 3.63) is 41.5 Å². The Morgan fingerprint density at radius 3 is 3.00 bits per heavy atom. The van der Waals surface area contributed by atoms with Gasteiger partial charge in [0.05, 0.1) is 12.2 Å². The highest BCUT2D eigenvalue weighted by Gasteiger charge is 2.05. The van der Waals surface area contributed by atoms with E-state index in [2.05, 4.69) is 15.9 Å². The second-order valence-electron chi connectivity index (χ2n) is 2.90. The molecule has 0 N–H and O–H groups in total. The Kier molecular flexibility index (Phi) is 5.12. The second-order valence-corrected chi connectivity index (χ2v) is 3.55. The van der Waals surface area contributed by atoms with Crippen molar-refractivity contribution in [3.8, 4) is 0 Å². The molecule has 0 aromatic heterocycles. The van der Waals surface area contributed by atoms with Gasteiger partial charge in [-0.15, -0.1) is 0 Å². The Hall–Kier alpha value is -1.09. The summed E-state index contributed by atoms with van der Waals surface area (Å²) in [4.78, 5) is 11.4. The van der Waals surface area contributed by atoms with Gasteiger partial charge in [0.15, 0.2) is 0 Å². The molecule has 0 aliphatic rings. The number of esters is 1. The van der Waals surface area contributed by atoms with Gasteiger partial charge in [-0.25, -0.2) is 4.79 Å². The highest BCUT2D eigenvalue weighted by atomic mass is 79.9. The van der Waals surface area contributed by atoms with Crippen LogP contribution in [0.3, 0.4) is 0 Å². The Morgan fingerprint density at radius 2 is 2.33 bits per heavy atom. The zero-order valence-corrected chi connectivity index (χ0v) is 10.2. The summed E-state index contributed by atoms with van der Waals surface area (Å²) in [5, 5.41) is 0.802. The lowest BCUT2D eigenvalue weighted by atomic mass is 10.1. The zero-order valence-electron chi connectivity index (χ0n) is 8.57. The standard InChI is InChI=1S/C12H13BrO2/c1-2-15-12(14)11-7-3-5-10(9-11)6-4-8-13/h3-7,9H,2,8H2,1H3/b6-4+. The molecule has 0 saturated heterocycles. The molecule has 0 bridgehead atoms. The van der Waals surface area contributed by atoms with Gasteiger partial charge in [0.25, 0.3) is 0 Å². The molecule has 1 rings (SSSR count). The minimum atomic E-state index is -0.272. The van der Waals surface area contributed by atoms with Crippen LogP contribution < -0.4 is 0 Å². The molecule has 0 saturated carbocycles. The molecule has 0 aliphatic carbocycles. The maximum atomic E-state index is 11.4. The zero-order chi connectivity index (χ0) is 11.1. The fourth-order valence-electron chi connectivity index (χ4n) is 1.16. The summed E-state index contributed by atoms with van der Waals surface area (Å²) in [6, 6.07) is 7.36. The Balaban J connectivity index is 2.82. The van der Waals surface area contributed by atoms with Crippen molar-refractivity contribution in [1.29, 1.82) is 0 Å². The number of carbonyl (C=O) groups excluding carboxylic acids is 1. The van der Waals surface area contributed by atoms with E-state index in [0.717, 1.165) is 10.9 Å². The van der Waals surface area contributed by atoms with Crippen LogP contribution in [0, 0.1) is 0 Å². The first-order chi connectivity index (χ1) is 7.27. The van der Waals surface area contributed by atoms with Gasteiger partial charge >= 0.3 is 5.97 Å². The summed E-state index contributed by atoms with van der Waals surface area (Å²) < 4.78 is 4.92. The number of benzene rings is 1. The third kappa shape index (κ3) is 3.88. The molecule has 15 heavy (non-hydrogen) atoms. The van der Waals surface area contributed by atoms with Gasteiger partial charge in [-0.1, -0.05) is 40.2 Å². The predicted octanol–water partition coefficient (Wildman–Crippen LogP) is 3.27. The number of allylic oxidation sites excluding steroid dienone is 1. The summed E-state index contributed by atoms with van der Waals surface area (Å²) in [6.45, 7) is 2.20. The molecular weight excluding hydrogens is 256 g/mol. The van der Waals surface area contributed by atoms with Crippen molar-refractivity contribution >= 4 is 28.0 Å². The van der Waals surface area contributed by atoms with Crippen molar-refractivity contribution < 1.29 is 9.53 Å². The van der Waals surface area contributed by atoms with Crippen LogP contribution in [0.25, 0.3) is 6.08 Å². The number of ether oxygens (including phenoxy) is 1. The first kappa shape index (κ1) is 12.0.